The first-order chi connectivity index (χ1) is 30.8. The topological polar surface area (TPSA) is 55.1 Å². The predicted octanol–water partition coefficient (Wildman–Crippen LogP) is 14.3. The fraction of sp³-hybridized carbons (Fsp3) is 0. The summed E-state index contributed by atoms with van der Waals surface area (Å²) in [5.74, 6) is 0.676. The van der Waals surface area contributed by atoms with Crippen molar-refractivity contribution in [2.45, 2.75) is 0 Å². The zero-order valence-electron chi connectivity index (χ0n) is 36.1. The molecule has 0 saturated carbocycles. The quantitative estimate of drug-likeness (QED) is 0.162. The second-order valence-corrected chi connectivity index (χ2v) is 14.6. The molecule has 0 atom stereocenters. The van der Waals surface area contributed by atoms with Gasteiger partial charge in [0.2, 0.25) is 0 Å². The molecule has 268 valence electrons. The van der Waals surface area contributed by atoms with E-state index in [2.05, 4.69) is 18.2 Å². The lowest BCUT2D eigenvalue weighted by Gasteiger charge is -2.26. The standard InChI is InChI=1S/C51H32N4OS/c1-4-14-33(15-5-1)34-26-28-37(29-27-34)55(43-23-12-21-40-39-20-10-11-25-46(39)57-48(40)43)38-30-31-41-45(32-38)56-44-24-13-22-42(47(41)44)51-53-49(35-16-6-2-7-17-35)52-50(54-51)36-18-8-3-9-19-36/h1-32H/i13D,22D,24D,30D,31D,32D. The summed E-state index contributed by atoms with van der Waals surface area (Å²) in [5.41, 5.74) is 4.78. The zero-order valence-corrected chi connectivity index (χ0v) is 30.9. The molecule has 0 aliphatic rings. The Kier molecular flexibility index (Phi) is 6.55. The highest BCUT2D eigenvalue weighted by Crippen LogP contribution is 2.46. The maximum atomic E-state index is 9.95. The van der Waals surface area contributed by atoms with E-state index in [4.69, 9.17) is 22.1 Å². The average molecular weight is 755 g/mol. The number of fused-ring (bicyclic) bond motifs is 6. The van der Waals surface area contributed by atoms with Crippen molar-refractivity contribution in [2.24, 2.45) is 0 Å². The number of thiophene rings is 1. The normalized spacial score (nSPS) is 13.0. The van der Waals surface area contributed by atoms with E-state index < -0.39 is 6.04 Å². The Bertz CT molecular complexity index is 3530. The molecular weight excluding hydrogens is 717 g/mol. The van der Waals surface area contributed by atoms with Gasteiger partial charge in [-0.05, 0) is 53.5 Å². The first kappa shape index (κ1) is 27.2. The van der Waals surface area contributed by atoms with E-state index in [1.807, 2.05) is 144 Å². The molecule has 0 amide bonds. The molecule has 6 heteroatoms. The molecule has 5 nitrogen and oxygen atoms in total. The molecule has 3 aromatic heterocycles. The summed E-state index contributed by atoms with van der Waals surface area (Å²) in [5, 5.41) is 2.28. The molecule has 0 N–H and O–H groups in total. The first-order valence-corrected chi connectivity index (χ1v) is 19.3. The van der Waals surface area contributed by atoms with E-state index in [0.717, 1.165) is 31.3 Å². The van der Waals surface area contributed by atoms with Crippen LogP contribution in [-0.4, -0.2) is 15.0 Å². The number of nitrogens with zero attached hydrogens (tertiary/aromatic N) is 4. The molecule has 0 fully saturated rings. The van der Waals surface area contributed by atoms with Crippen LogP contribution in [0, 0.1) is 0 Å². The van der Waals surface area contributed by atoms with Crippen LogP contribution in [0.5, 0.6) is 0 Å². The van der Waals surface area contributed by atoms with Crippen molar-refractivity contribution in [1.29, 1.82) is 0 Å². The summed E-state index contributed by atoms with van der Waals surface area (Å²) < 4.78 is 65.4. The average Bonchev–Trinajstić information content (AvgIpc) is 3.93. The first-order valence-electron chi connectivity index (χ1n) is 21.5. The van der Waals surface area contributed by atoms with Crippen molar-refractivity contribution in [2.75, 3.05) is 4.90 Å². The highest BCUT2D eigenvalue weighted by atomic mass is 32.1. The van der Waals surface area contributed by atoms with Crippen LogP contribution in [0.15, 0.2) is 198 Å². The van der Waals surface area contributed by atoms with Gasteiger partial charge in [-0.25, -0.2) is 15.0 Å². The van der Waals surface area contributed by atoms with Crippen molar-refractivity contribution in [3.8, 4) is 45.3 Å². The fourth-order valence-electron chi connectivity index (χ4n) is 7.37. The van der Waals surface area contributed by atoms with Crippen molar-refractivity contribution >= 4 is 70.5 Å². The van der Waals surface area contributed by atoms with Crippen molar-refractivity contribution < 1.29 is 12.6 Å². The second kappa shape index (κ2) is 13.7. The molecule has 0 unspecified atom stereocenters. The second-order valence-electron chi connectivity index (χ2n) is 13.5. The number of hydrogen-bond acceptors (Lipinski definition) is 6. The Morgan fingerprint density at radius 3 is 1.81 bits per heavy atom. The lowest BCUT2D eigenvalue weighted by molar-refractivity contribution is 0.669. The lowest BCUT2D eigenvalue weighted by Crippen LogP contribution is -2.10. The highest BCUT2D eigenvalue weighted by Gasteiger charge is 2.22. The van der Waals surface area contributed by atoms with Gasteiger partial charge >= 0.3 is 0 Å². The molecule has 0 radical (unpaired) electrons. The van der Waals surface area contributed by atoms with Crippen molar-refractivity contribution in [3.05, 3.63) is 194 Å². The van der Waals surface area contributed by atoms with Crippen LogP contribution in [-0.2, 0) is 0 Å². The van der Waals surface area contributed by atoms with E-state index in [-0.39, 0.29) is 69.2 Å². The summed E-state index contributed by atoms with van der Waals surface area (Å²) in [6.45, 7) is 0. The van der Waals surface area contributed by atoms with E-state index in [0.29, 0.717) is 34.2 Å². The number of aromatic nitrogens is 3. The largest absolute Gasteiger partial charge is 0.456 e. The molecule has 0 aliphatic carbocycles. The van der Waals surface area contributed by atoms with Crippen LogP contribution in [0.4, 0.5) is 17.1 Å². The fourth-order valence-corrected chi connectivity index (χ4v) is 8.58. The van der Waals surface area contributed by atoms with Gasteiger partial charge in [-0.2, -0.15) is 0 Å². The molecule has 0 aliphatic heterocycles. The van der Waals surface area contributed by atoms with Gasteiger partial charge in [0, 0.05) is 60.4 Å². The summed E-state index contributed by atoms with van der Waals surface area (Å²) in [6, 6.07) is 48.9. The number of furan rings is 1. The van der Waals surface area contributed by atoms with E-state index >= 15 is 0 Å². The predicted molar refractivity (Wildman–Crippen MR) is 236 cm³/mol. The van der Waals surface area contributed by atoms with Crippen LogP contribution >= 0.6 is 11.3 Å². The molecule has 57 heavy (non-hydrogen) atoms. The van der Waals surface area contributed by atoms with E-state index in [1.54, 1.807) is 11.3 Å². The Morgan fingerprint density at radius 1 is 0.474 bits per heavy atom. The third kappa shape index (κ3) is 5.82. The van der Waals surface area contributed by atoms with Crippen LogP contribution in [0.25, 0.3) is 87.4 Å². The summed E-state index contributed by atoms with van der Waals surface area (Å²) in [6.07, 6.45) is 0. The minimum atomic E-state index is -0.430. The molecule has 11 aromatic rings. The number of anilines is 3. The van der Waals surface area contributed by atoms with E-state index in [1.165, 1.54) is 0 Å². The molecular formula is C51H32N4OS. The van der Waals surface area contributed by atoms with Gasteiger partial charge in [0.15, 0.2) is 17.5 Å². The van der Waals surface area contributed by atoms with Crippen LogP contribution in [0.1, 0.15) is 8.22 Å². The van der Waals surface area contributed by atoms with Crippen molar-refractivity contribution in [3.63, 3.8) is 0 Å². The molecule has 0 saturated heterocycles. The Balaban J connectivity index is 1.20. The van der Waals surface area contributed by atoms with Crippen LogP contribution in [0.3, 0.4) is 0 Å². The summed E-state index contributed by atoms with van der Waals surface area (Å²) in [4.78, 5) is 16.4. The molecule has 0 bridgehead atoms. The van der Waals surface area contributed by atoms with Gasteiger partial charge < -0.3 is 9.32 Å². The molecule has 0 spiro atoms. The molecule has 3 heterocycles. The summed E-state index contributed by atoms with van der Waals surface area (Å²) in [7, 11) is 0. The Hall–Kier alpha value is -7.41. The Morgan fingerprint density at radius 2 is 1.09 bits per heavy atom. The molecule has 8 aromatic carbocycles. The van der Waals surface area contributed by atoms with Crippen LogP contribution in [0.2, 0.25) is 0 Å². The zero-order chi connectivity index (χ0) is 42.9. The third-order valence-corrected chi connectivity index (χ3v) is 11.3. The van der Waals surface area contributed by atoms with E-state index in [9.17, 15) is 5.48 Å². The van der Waals surface area contributed by atoms with Crippen molar-refractivity contribution in [1.82, 2.24) is 15.0 Å². The van der Waals surface area contributed by atoms with Gasteiger partial charge in [0.25, 0.3) is 0 Å². The van der Waals surface area contributed by atoms with Gasteiger partial charge in [-0.3, -0.25) is 0 Å². The maximum absolute atomic E-state index is 9.95. The van der Waals surface area contributed by atoms with Gasteiger partial charge in [0.1, 0.15) is 11.2 Å². The lowest BCUT2D eigenvalue weighted by atomic mass is 10.0. The monoisotopic (exact) mass is 754 g/mol. The summed E-state index contributed by atoms with van der Waals surface area (Å²) >= 11 is 1.61. The van der Waals surface area contributed by atoms with Gasteiger partial charge in [-0.15, -0.1) is 11.3 Å². The number of benzene rings is 8. The third-order valence-electron chi connectivity index (χ3n) is 10.1. The Labute approximate surface area is 341 Å². The van der Waals surface area contributed by atoms with Gasteiger partial charge in [-0.1, -0.05) is 146 Å². The SMILES string of the molecule is [2H]c1c([2H])c(-c2nc(-c3ccccc3)nc(-c3ccccc3)n2)c2c(oc3c([2H])c(N(c4ccc(-c5ccccc5)cc4)c4cccc5c4sc4ccccc45)c([2H])c([2H])c32)c1[2H]. The number of rotatable bonds is 7. The minimum absolute atomic E-state index is 0.0343. The number of hydrogen-bond donors (Lipinski definition) is 0. The maximum Gasteiger partial charge on any atom is 0.164 e. The highest BCUT2D eigenvalue weighted by molar-refractivity contribution is 7.26. The minimum Gasteiger partial charge on any atom is -0.456 e. The smallest absolute Gasteiger partial charge is 0.164 e. The van der Waals surface area contributed by atoms with Gasteiger partial charge in [0.05, 0.1) is 18.6 Å². The molecule has 11 rings (SSSR count). The van der Waals surface area contributed by atoms with Crippen LogP contribution < -0.4 is 4.90 Å².